The topological polar surface area (TPSA) is 75.6 Å². The second kappa shape index (κ2) is 12.0. The monoisotopic (exact) mass is 459 g/mol. The van der Waals surface area contributed by atoms with Gasteiger partial charge in [0.15, 0.2) is 0 Å². The Hall–Kier alpha value is -3.60. The number of aryl methyl sites for hydroxylation is 2. The first-order chi connectivity index (χ1) is 16.3. The first-order valence-electron chi connectivity index (χ1n) is 11.7. The van der Waals surface area contributed by atoms with Crippen LogP contribution in [0.2, 0.25) is 0 Å². The fourth-order valence-corrected chi connectivity index (χ4v) is 3.85. The number of aliphatic carboxylic acids is 1. The Morgan fingerprint density at radius 1 is 0.971 bits per heavy atom. The van der Waals surface area contributed by atoms with Gasteiger partial charge in [-0.05, 0) is 60.6 Å². The van der Waals surface area contributed by atoms with Crippen LogP contribution in [-0.4, -0.2) is 17.0 Å². The molecule has 3 aromatic carbocycles. The molecule has 0 aromatic heterocycles. The lowest BCUT2D eigenvalue weighted by molar-refractivity contribution is -0.136. The van der Waals surface area contributed by atoms with E-state index < -0.39 is 5.97 Å². The predicted molar refractivity (Wildman–Crippen MR) is 134 cm³/mol. The van der Waals surface area contributed by atoms with Gasteiger partial charge in [0.25, 0.3) is 5.91 Å². The molecule has 3 aromatic rings. The molecule has 34 heavy (non-hydrogen) atoms. The average molecular weight is 460 g/mol. The van der Waals surface area contributed by atoms with E-state index in [0.29, 0.717) is 18.1 Å². The van der Waals surface area contributed by atoms with Crippen molar-refractivity contribution in [2.24, 2.45) is 5.92 Å². The second-order valence-corrected chi connectivity index (χ2v) is 9.05. The summed E-state index contributed by atoms with van der Waals surface area (Å²) in [6, 6.07) is 23.1. The van der Waals surface area contributed by atoms with Crippen molar-refractivity contribution in [2.75, 3.05) is 0 Å². The van der Waals surface area contributed by atoms with Crippen LogP contribution in [0.15, 0.2) is 72.8 Å². The summed E-state index contributed by atoms with van der Waals surface area (Å²) in [4.78, 5) is 24.6. The molecule has 0 fully saturated rings. The Labute approximate surface area is 201 Å². The van der Waals surface area contributed by atoms with Crippen LogP contribution in [0.4, 0.5) is 0 Å². The zero-order valence-electron chi connectivity index (χ0n) is 20.1. The molecular weight excluding hydrogens is 426 g/mol. The van der Waals surface area contributed by atoms with Crippen molar-refractivity contribution in [1.82, 2.24) is 5.32 Å². The van der Waals surface area contributed by atoms with Crippen molar-refractivity contribution in [3.05, 3.63) is 101 Å². The van der Waals surface area contributed by atoms with Gasteiger partial charge < -0.3 is 15.2 Å². The molecule has 178 valence electrons. The van der Waals surface area contributed by atoms with E-state index in [1.807, 2.05) is 55.5 Å². The molecule has 5 nitrogen and oxygen atoms in total. The number of carboxylic acid groups (broad SMARTS) is 1. The zero-order valence-corrected chi connectivity index (χ0v) is 20.1. The van der Waals surface area contributed by atoms with Crippen LogP contribution in [0, 0.1) is 12.8 Å². The van der Waals surface area contributed by atoms with E-state index in [4.69, 9.17) is 9.84 Å². The van der Waals surface area contributed by atoms with Crippen molar-refractivity contribution in [1.29, 1.82) is 0 Å². The summed E-state index contributed by atoms with van der Waals surface area (Å²) >= 11 is 0. The Morgan fingerprint density at radius 3 is 2.32 bits per heavy atom. The number of para-hydroxylation sites is 1. The lowest BCUT2D eigenvalue weighted by atomic mass is 9.94. The van der Waals surface area contributed by atoms with Crippen molar-refractivity contribution in [3.8, 4) is 5.75 Å². The molecule has 1 amide bonds. The number of amides is 1. The van der Waals surface area contributed by atoms with Crippen LogP contribution in [0.25, 0.3) is 0 Å². The summed E-state index contributed by atoms with van der Waals surface area (Å²) < 4.78 is 5.85. The second-order valence-electron chi connectivity index (χ2n) is 9.05. The maximum atomic E-state index is 13.5. The number of carbonyl (C=O) groups excluding carboxylic acids is 1. The number of hydrogen-bond donors (Lipinski definition) is 2. The van der Waals surface area contributed by atoms with E-state index in [9.17, 15) is 9.59 Å². The number of carbonyl (C=O) groups is 2. The van der Waals surface area contributed by atoms with Crippen molar-refractivity contribution >= 4 is 11.9 Å². The van der Waals surface area contributed by atoms with Gasteiger partial charge in [-0.15, -0.1) is 0 Å². The molecule has 0 radical (unpaired) electrons. The molecule has 1 atom stereocenters. The van der Waals surface area contributed by atoms with E-state index in [-0.39, 0.29) is 24.8 Å². The molecule has 2 N–H and O–H groups in total. The molecule has 3 rings (SSSR count). The maximum Gasteiger partial charge on any atom is 0.303 e. The van der Waals surface area contributed by atoms with Crippen molar-refractivity contribution in [2.45, 2.75) is 52.7 Å². The first kappa shape index (κ1) is 25.0. The molecule has 1 unspecified atom stereocenters. The average Bonchev–Trinajstić information content (AvgIpc) is 2.82. The van der Waals surface area contributed by atoms with E-state index in [0.717, 1.165) is 28.9 Å². The Kier molecular flexibility index (Phi) is 8.86. The van der Waals surface area contributed by atoms with Crippen LogP contribution in [-0.2, 0) is 17.8 Å². The molecule has 0 heterocycles. The normalized spacial score (nSPS) is 11.8. The third-order valence-corrected chi connectivity index (χ3v) is 5.67. The van der Waals surface area contributed by atoms with Crippen LogP contribution in [0.5, 0.6) is 5.75 Å². The highest BCUT2D eigenvalue weighted by Gasteiger charge is 2.20. The Balaban J connectivity index is 1.85. The fraction of sp³-hybridized carbons (Fsp3) is 0.310. The van der Waals surface area contributed by atoms with E-state index in [1.54, 1.807) is 0 Å². The fourth-order valence-electron chi connectivity index (χ4n) is 3.85. The van der Waals surface area contributed by atoms with Gasteiger partial charge >= 0.3 is 5.97 Å². The third kappa shape index (κ3) is 7.48. The van der Waals surface area contributed by atoms with Gasteiger partial charge in [0.1, 0.15) is 12.4 Å². The molecule has 0 spiro atoms. The molecule has 0 saturated carbocycles. The number of nitrogens with one attached hydrogen (secondary N) is 1. The number of hydrogen-bond acceptors (Lipinski definition) is 3. The van der Waals surface area contributed by atoms with Gasteiger partial charge in [-0.2, -0.15) is 0 Å². The third-order valence-electron chi connectivity index (χ3n) is 5.67. The summed E-state index contributed by atoms with van der Waals surface area (Å²) in [5, 5.41) is 12.4. The molecule has 0 saturated heterocycles. The summed E-state index contributed by atoms with van der Waals surface area (Å²) in [7, 11) is 0. The maximum absolute atomic E-state index is 13.5. The standard InChI is InChI=1S/C29H33NO4/c1-20(2)17-27(24-12-9-21(3)10-13-24)30-29(33)26-18-22(11-14-23(26)15-16-28(31)32)19-34-25-7-5-4-6-8-25/h4-14,18,20,27H,15-17,19H2,1-3H3,(H,30,33)(H,31,32). The van der Waals surface area contributed by atoms with Crippen molar-refractivity contribution in [3.63, 3.8) is 0 Å². The van der Waals surface area contributed by atoms with E-state index in [2.05, 4.69) is 43.4 Å². The minimum absolute atomic E-state index is 0.0342. The zero-order chi connectivity index (χ0) is 24.5. The highest BCUT2D eigenvalue weighted by molar-refractivity contribution is 5.96. The smallest absolute Gasteiger partial charge is 0.303 e. The van der Waals surface area contributed by atoms with Crippen LogP contribution < -0.4 is 10.1 Å². The van der Waals surface area contributed by atoms with Gasteiger partial charge in [-0.3, -0.25) is 9.59 Å². The van der Waals surface area contributed by atoms with E-state index >= 15 is 0 Å². The minimum Gasteiger partial charge on any atom is -0.489 e. The SMILES string of the molecule is Cc1ccc(C(CC(C)C)NC(=O)c2cc(COc3ccccc3)ccc2CCC(=O)O)cc1. The van der Waals surface area contributed by atoms with Gasteiger partial charge in [-0.25, -0.2) is 0 Å². The molecule has 0 aliphatic heterocycles. The lowest BCUT2D eigenvalue weighted by Crippen LogP contribution is -2.30. The lowest BCUT2D eigenvalue weighted by Gasteiger charge is -2.22. The van der Waals surface area contributed by atoms with Gasteiger partial charge in [0, 0.05) is 12.0 Å². The van der Waals surface area contributed by atoms with Gasteiger partial charge in [0.2, 0.25) is 0 Å². The number of rotatable bonds is 11. The summed E-state index contributed by atoms with van der Waals surface area (Å²) in [5.74, 6) is 0.0527. The molecule has 5 heteroatoms. The molecule has 0 aliphatic carbocycles. The predicted octanol–water partition coefficient (Wildman–Crippen LogP) is 6.11. The quantitative estimate of drug-likeness (QED) is 0.363. The Morgan fingerprint density at radius 2 is 1.68 bits per heavy atom. The number of ether oxygens (including phenoxy) is 1. The van der Waals surface area contributed by atoms with Gasteiger partial charge in [-0.1, -0.05) is 74.0 Å². The molecular formula is C29H33NO4. The highest BCUT2D eigenvalue weighted by atomic mass is 16.5. The summed E-state index contributed by atoms with van der Waals surface area (Å²) in [6.07, 6.45) is 1.06. The van der Waals surface area contributed by atoms with Crippen LogP contribution >= 0.6 is 0 Å². The number of benzene rings is 3. The van der Waals surface area contributed by atoms with E-state index in [1.165, 1.54) is 5.56 Å². The number of carboxylic acids is 1. The summed E-state index contributed by atoms with van der Waals surface area (Å²) in [6.45, 7) is 6.62. The largest absolute Gasteiger partial charge is 0.489 e. The molecule has 0 aliphatic rings. The van der Waals surface area contributed by atoms with Gasteiger partial charge in [0.05, 0.1) is 6.04 Å². The summed E-state index contributed by atoms with van der Waals surface area (Å²) in [5.41, 5.74) is 4.29. The van der Waals surface area contributed by atoms with Crippen molar-refractivity contribution < 1.29 is 19.4 Å². The van der Waals surface area contributed by atoms with Crippen LogP contribution in [0.3, 0.4) is 0 Å². The molecule has 0 bridgehead atoms. The van der Waals surface area contributed by atoms with Crippen LogP contribution in [0.1, 0.15) is 65.3 Å². The first-order valence-corrected chi connectivity index (χ1v) is 11.7. The Bertz CT molecular complexity index is 1090. The highest BCUT2D eigenvalue weighted by Crippen LogP contribution is 2.24. The minimum atomic E-state index is -0.889.